The van der Waals surface area contributed by atoms with Gasteiger partial charge in [-0.3, -0.25) is 0 Å². The Balaban J connectivity index is 0.995. The fourth-order valence-corrected chi connectivity index (χ4v) is 12.2. The molecule has 3 nitrogen and oxygen atoms in total. The summed E-state index contributed by atoms with van der Waals surface area (Å²) in [5.41, 5.74) is 22.8. The van der Waals surface area contributed by atoms with Gasteiger partial charge >= 0.3 is 0 Å². The number of rotatable bonds is 5. The van der Waals surface area contributed by atoms with Crippen LogP contribution in [0.5, 0.6) is 0 Å². The SMILES string of the molecule is c1ccc(-c2ccccc2N(c2ccc(-c3cccc4c3oc3ccccc34)cc2)c2ccc3c(c2)-c2ccccc2-c2ccccc2C32c3ccccc3-c3c2ccc2c3oc3ccccc32)cc1. The molecule has 11 aromatic carbocycles. The van der Waals surface area contributed by atoms with Crippen molar-refractivity contribution in [2.45, 2.75) is 5.41 Å². The molecule has 1 unspecified atom stereocenters. The van der Waals surface area contributed by atoms with Gasteiger partial charge in [-0.2, -0.15) is 0 Å². The quantitative estimate of drug-likeness (QED) is 0.172. The van der Waals surface area contributed by atoms with Crippen molar-refractivity contribution >= 4 is 60.9 Å². The highest BCUT2D eigenvalue weighted by Crippen LogP contribution is 2.63. The lowest BCUT2D eigenvalue weighted by Crippen LogP contribution is -2.29. The van der Waals surface area contributed by atoms with E-state index in [4.69, 9.17) is 8.83 Å². The van der Waals surface area contributed by atoms with Crippen LogP contribution in [-0.2, 0) is 5.41 Å². The molecule has 2 aromatic heterocycles. The first-order valence-corrected chi connectivity index (χ1v) is 24.1. The van der Waals surface area contributed by atoms with E-state index in [9.17, 15) is 0 Å². The summed E-state index contributed by atoms with van der Waals surface area (Å²) in [7, 11) is 0. The minimum Gasteiger partial charge on any atom is -0.455 e. The molecule has 1 atom stereocenters. The van der Waals surface area contributed by atoms with Crippen LogP contribution in [0.4, 0.5) is 17.1 Å². The van der Waals surface area contributed by atoms with Crippen LogP contribution in [0, 0.1) is 0 Å². The molecule has 3 heteroatoms. The highest BCUT2D eigenvalue weighted by atomic mass is 16.3. The van der Waals surface area contributed by atoms with E-state index in [-0.39, 0.29) is 0 Å². The number of benzene rings is 11. The lowest BCUT2D eigenvalue weighted by atomic mass is 9.66. The fraction of sp³-hybridized carbons (Fsp3) is 0.0149. The Morgan fingerprint density at radius 3 is 1.54 bits per heavy atom. The highest BCUT2D eigenvalue weighted by molar-refractivity contribution is 6.13. The van der Waals surface area contributed by atoms with Gasteiger partial charge in [-0.25, -0.2) is 0 Å². The van der Waals surface area contributed by atoms with Crippen molar-refractivity contribution in [3.8, 4) is 55.6 Å². The highest BCUT2D eigenvalue weighted by Gasteiger charge is 2.51. The molecule has 70 heavy (non-hydrogen) atoms. The molecule has 0 aliphatic heterocycles. The minimum absolute atomic E-state index is 0.672. The number of anilines is 3. The molecule has 1 spiro atoms. The molecule has 2 aliphatic carbocycles. The van der Waals surface area contributed by atoms with E-state index < -0.39 is 5.41 Å². The summed E-state index contributed by atoms with van der Waals surface area (Å²) in [6.07, 6.45) is 0. The molecule has 0 amide bonds. The molecule has 0 radical (unpaired) electrons. The number of fused-ring (bicyclic) bond motifs is 19. The Kier molecular flexibility index (Phi) is 8.28. The summed E-state index contributed by atoms with van der Waals surface area (Å²) in [5, 5.41) is 4.51. The fourth-order valence-electron chi connectivity index (χ4n) is 12.2. The minimum atomic E-state index is -0.672. The monoisotopic (exact) mass is 891 g/mol. The van der Waals surface area contributed by atoms with Crippen LogP contribution < -0.4 is 4.90 Å². The van der Waals surface area contributed by atoms with E-state index in [0.29, 0.717) is 0 Å². The van der Waals surface area contributed by atoms with Crippen LogP contribution in [0.25, 0.3) is 99.5 Å². The van der Waals surface area contributed by atoms with E-state index in [1.54, 1.807) is 0 Å². The molecule has 0 saturated carbocycles. The van der Waals surface area contributed by atoms with Crippen molar-refractivity contribution in [1.29, 1.82) is 0 Å². The first-order valence-electron chi connectivity index (χ1n) is 24.1. The van der Waals surface area contributed by atoms with E-state index in [1.807, 2.05) is 12.1 Å². The first kappa shape index (κ1) is 38.9. The van der Waals surface area contributed by atoms with Gasteiger partial charge in [0.2, 0.25) is 0 Å². The van der Waals surface area contributed by atoms with Gasteiger partial charge < -0.3 is 13.7 Å². The summed E-state index contributed by atoms with van der Waals surface area (Å²) in [6, 6.07) is 90.7. The normalized spacial score (nSPS) is 14.3. The Hall–Kier alpha value is -9.18. The van der Waals surface area contributed by atoms with Gasteiger partial charge in [0.05, 0.1) is 11.1 Å². The maximum Gasteiger partial charge on any atom is 0.143 e. The zero-order chi connectivity index (χ0) is 45.9. The zero-order valence-electron chi connectivity index (χ0n) is 37.9. The standard InChI is InChI=1S/C67H41NO2/c1-2-17-42(18-3-1)46-19-8-13-30-61(46)68(44-35-33-43(34-36-44)47-26-16-27-53-51-23-9-14-31-62(51)69-65(47)53)45-37-39-59-56(41-45)49-21-5-4-20-48(49)50-22-6-11-28-57(50)67(59)58-29-12-7-25-55(58)64-60(67)40-38-54-52-24-10-15-32-63(52)70-66(54)64/h1-41H. The number of para-hydroxylation sites is 4. The van der Waals surface area contributed by atoms with Gasteiger partial charge in [0.25, 0.3) is 0 Å². The van der Waals surface area contributed by atoms with Crippen LogP contribution in [-0.4, -0.2) is 0 Å². The van der Waals surface area contributed by atoms with Crippen molar-refractivity contribution < 1.29 is 8.83 Å². The van der Waals surface area contributed by atoms with Crippen LogP contribution >= 0.6 is 0 Å². The summed E-state index contributed by atoms with van der Waals surface area (Å²) in [6.45, 7) is 0. The van der Waals surface area contributed by atoms with Crippen LogP contribution in [0.15, 0.2) is 258 Å². The molecule has 0 N–H and O–H groups in total. The second kappa shape index (κ2) is 14.9. The van der Waals surface area contributed by atoms with E-state index in [0.717, 1.165) is 88.8 Å². The second-order valence-electron chi connectivity index (χ2n) is 18.6. The maximum absolute atomic E-state index is 6.91. The van der Waals surface area contributed by atoms with Crippen LogP contribution in [0.3, 0.4) is 0 Å². The van der Waals surface area contributed by atoms with Gasteiger partial charge in [0.15, 0.2) is 0 Å². The van der Waals surface area contributed by atoms with E-state index in [2.05, 4.69) is 241 Å². The topological polar surface area (TPSA) is 29.5 Å². The summed E-state index contributed by atoms with van der Waals surface area (Å²) < 4.78 is 13.4. The number of hydrogen-bond donors (Lipinski definition) is 0. The van der Waals surface area contributed by atoms with Crippen molar-refractivity contribution in [1.82, 2.24) is 0 Å². The molecule has 15 rings (SSSR count). The van der Waals surface area contributed by atoms with Crippen LogP contribution in [0.1, 0.15) is 22.3 Å². The summed E-state index contributed by atoms with van der Waals surface area (Å²) in [4.78, 5) is 2.44. The lowest BCUT2D eigenvalue weighted by molar-refractivity contribution is 0.669. The number of hydrogen-bond acceptors (Lipinski definition) is 3. The average molecular weight is 892 g/mol. The number of nitrogens with zero attached hydrogens (tertiary/aromatic N) is 1. The van der Waals surface area contributed by atoms with Gasteiger partial charge in [0.1, 0.15) is 22.3 Å². The third-order valence-electron chi connectivity index (χ3n) is 15.1. The van der Waals surface area contributed by atoms with E-state index in [1.165, 1.54) is 50.1 Å². The Morgan fingerprint density at radius 1 is 0.286 bits per heavy atom. The summed E-state index contributed by atoms with van der Waals surface area (Å²) >= 11 is 0. The van der Waals surface area contributed by atoms with Crippen molar-refractivity contribution in [2.75, 3.05) is 4.90 Å². The molecule has 2 heterocycles. The Morgan fingerprint density at radius 2 is 0.786 bits per heavy atom. The largest absolute Gasteiger partial charge is 0.455 e. The molecule has 0 fully saturated rings. The predicted octanol–water partition coefficient (Wildman–Crippen LogP) is 18.3. The van der Waals surface area contributed by atoms with Crippen molar-refractivity contribution in [3.05, 3.63) is 271 Å². The molecular formula is C67H41NO2. The van der Waals surface area contributed by atoms with Gasteiger partial charge in [-0.05, 0) is 104 Å². The molecule has 2 aliphatic rings. The van der Waals surface area contributed by atoms with Gasteiger partial charge in [-0.1, -0.05) is 206 Å². The lowest BCUT2D eigenvalue weighted by Gasteiger charge is -2.36. The van der Waals surface area contributed by atoms with Gasteiger partial charge in [-0.15, -0.1) is 0 Å². The third-order valence-corrected chi connectivity index (χ3v) is 15.1. The smallest absolute Gasteiger partial charge is 0.143 e. The maximum atomic E-state index is 6.91. The molecule has 326 valence electrons. The van der Waals surface area contributed by atoms with E-state index >= 15 is 0 Å². The van der Waals surface area contributed by atoms with Gasteiger partial charge in [0, 0.05) is 49.6 Å². The first-order chi connectivity index (χ1) is 34.7. The van der Waals surface area contributed by atoms with Crippen LogP contribution in [0.2, 0.25) is 0 Å². The Labute approximate surface area is 404 Å². The second-order valence-corrected chi connectivity index (χ2v) is 18.6. The Bertz CT molecular complexity index is 4250. The predicted molar refractivity (Wildman–Crippen MR) is 288 cm³/mol. The van der Waals surface area contributed by atoms with Crippen molar-refractivity contribution in [3.63, 3.8) is 0 Å². The van der Waals surface area contributed by atoms with Crippen molar-refractivity contribution in [2.24, 2.45) is 0 Å². The molecule has 0 saturated heterocycles. The molecular weight excluding hydrogens is 851 g/mol. The molecule has 0 bridgehead atoms. The zero-order valence-corrected chi connectivity index (χ0v) is 37.9. The third kappa shape index (κ3) is 5.40. The molecule has 13 aromatic rings. The summed E-state index contributed by atoms with van der Waals surface area (Å²) in [5.74, 6) is 0. The number of furan rings is 2. The average Bonchev–Trinajstić information content (AvgIpc) is 4.08.